The predicted molar refractivity (Wildman–Crippen MR) is 134 cm³/mol. The van der Waals surface area contributed by atoms with Crippen LogP contribution in [-0.4, -0.2) is 23.6 Å². The molecular weight excluding hydrogens is 424 g/mol. The van der Waals surface area contributed by atoms with Gasteiger partial charge >= 0.3 is 0 Å². The summed E-state index contributed by atoms with van der Waals surface area (Å²) >= 11 is 0. The summed E-state index contributed by atoms with van der Waals surface area (Å²) < 4.78 is 7.19. The molecule has 0 fully saturated rings. The Hall–Kier alpha value is -4.12. The number of para-hydroxylation sites is 1. The summed E-state index contributed by atoms with van der Waals surface area (Å²) in [4.78, 5) is 25.0. The van der Waals surface area contributed by atoms with Gasteiger partial charge in [0.15, 0.2) is 0 Å². The molecule has 5 nitrogen and oxygen atoms in total. The summed E-state index contributed by atoms with van der Waals surface area (Å²) in [6, 6.07) is 33.1. The van der Waals surface area contributed by atoms with Crippen LogP contribution in [-0.2, 0) is 6.54 Å². The molecule has 1 N–H and O–H groups in total. The van der Waals surface area contributed by atoms with E-state index in [-0.39, 0.29) is 17.4 Å². The molecule has 0 aliphatic carbocycles. The third kappa shape index (κ3) is 6.23. The van der Waals surface area contributed by atoms with Crippen LogP contribution in [0.15, 0.2) is 114 Å². The molecule has 0 spiro atoms. The Labute approximate surface area is 199 Å². The fourth-order valence-electron chi connectivity index (χ4n) is 3.95. The zero-order valence-electron chi connectivity index (χ0n) is 19.0. The molecule has 4 rings (SSSR count). The minimum atomic E-state index is -0.197. The van der Waals surface area contributed by atoms with E-state index in [4.69, 9.17) is 4.74 Å². The van der Waals surface area contributed by atoms with Gasteiger partial charge in [-0.3, -0.25) is 9.59 Å². The van der Waals surface area contributed by atoms with Gasteiger partial charge in [0.05, 0.1) is 12.1 Å². The van der Waals surface area contributed by atoms with E-state index in [0.717, 1.165) is 12.2 Å². The van der Waals surface area contributed by atoms with Crippen LogP contribution in [0.25, 0.3) is 0 Å². The molecule has 5 heteroatoms. The lowest BCUT2D eigenvalue weighted by molar-refractivity contribution is 0.0951. The molecule has 0 saturated heterocycles. The summed E-state index contributed by atoms with van der Waals surface area (Å²) in [7, 11) is 0. The number of benzene rings is 3. The molecule has 4 aromatic rings. The largest absolute Gasteiger partial charge is 0.492 e. The molecule has 0 unspecified atom stereocenters. The molecule has 0 atom stereocenters. The van der Waals surface area contributed by atoms with Crippen molar-refractivity contribution in [3.05, 3.63) is 136 Å². The highest BCUT2D eigenvalue weighted by Gasteiger charge is 2.15. The quantitative estimate of drug-likeness (QED) is 0.373. The van der Waals surface area contributed by atoms with E-state index in [2.05, 4.69) is 29.6 Å². The lowest BCUT2D eigenvalue weighted by Crippen LogP contribution is -2.29. The van der Waals surface area contributed by atoms with Gasteiger partial charge in [-0.25, -0.2) is 0 Å². The number of rotatable bonds is 10. The Morgan fingerprint density at radius 1 is 0.794 bits per heavy atom. The van der Waals surface area contributed by atoms with Gasteiger partial charge in [-0.2, -0.15) is 0 Å². The first-order chi connectivity index (χ1) is 16.7. The van der Waals surface area contributed by atoms with Crippen LogP contribution in [0.3, 0.4) is 0 Å². The van der Waals surface area contributed by atoms with Gasteiger partial charge in [-0.1, -0.05) is 78.9 Å². The zero-order valence-corrected chi connectivity index (χ0v) is 19.0. The molecule has 3 aromatic carbocycles. The molecular formula is C29H28N2O3. The summed E-state index contributed by atoms with van der Waals surface area (Å²) in [5, 5.41) is 3.01. The number of hydrogen-bond acceptors (Lipinski definition) is 3. The van der Waals surface area contributed by atoms with E-state index < -0.39 is 0 Å². The molecule has 172 valence electrons. The molecule has 1 heterocycles. The van der Waals surface area contributed by atoms with Crippen LogP contribution in [0.5, 0.6) is 5.75 Å². The van der Waals surface area contributed by atoms with Crippen molar-refractivity contribution in [2.75, 3.05) is 13.2 Å². The van der Waals surface area contributed by atoms with Crippen LogP contribution in [0.1, 0.15) is 33.8 Å². The molecule has 0 radical (unpaired) electrons. The van der Waals surface area contributed by atoms with Crippen LogP contribution in [0, 0.1) is 0 Å². The number of pyridine rings is 1. The normalized spacial score (nSPS) is 10.7. The van der Waals surface area contributed by atoms with Crippen molar-refractivity contribution in [2.24, 2.45) is 0 Å². The topological polar surface area (TPSA) is 60.3 Å². The van der Waals surface area contributed by atoms with Gasteiger partial charge in [0.25, 0.3) is 11.5 Å². The minimum absolute atomic E-state index is 0.165. The molecule has 34 heavy (non-hydrogen) atoms. The van der Waals surface area contributed by atoms with Crippen molar-refractivity contribution in [3.63, 3.8) is 0 Å². The number of amides is 1. The predicted octanol–water partition coefficient (Wildman–Crippen LogP) is 4.88. The van der Waals surface area contributed by atoms with Crippen molar-refractivity contribution < 1.29 is 9.53 Å². The van der Waals surface area contributed by atoms with Crippen molar-refractivity contribution in [1.29, 1.82) is 0 Å². The van der Waals surface area contributed by atoms with Gasteiger partial charge in [0.1, 0.15) is 12.4 Å². The monoisotopic (exact) mass is 452 g/mol. The highest BCUT2D eigenvalue weighted by Crippen LogP contribution is 2.27. The smallest absolute Gasteiger partial charge is 0.252 e. The van der Waals surface area contributed by atoms with Gasteiger partial charge in [-0.05, 0) is 35.7 Å². The Morgan fingerprint density at radius 2 is 1.38 bits per heavy atom. The Kier molecular flexibility index (Phi) is 7.90. The number of carbonyl (C=O) groups excluding carboxylic acids is 1. The summed E-state index contributed by atoms with van der Waals surface area (Å²) in [6.45, 7) is 1.22. The van der Waals surface area contributed by atoms with Gasteiger partial charge in [0, 0.05) is 24.7 Å². The number of carbonyl (C=O) groups is 1. The van der Waals surface area contributed by atoms with E-state index in [0.29, 0.717) is 25.3 Å². The van der Waals surface area contributed by atoms with Gasteiger partial charge in [-0.15, -0.1) is 0 Å². The van der Waals surface area contributed by atoms with Gasteiger partial charge < -0.3 is 14.6 Å². The van der Waals surface area contributed by atoms with Crippen LogP contribution in [0.2, 0.25) is 0 Å². The van der Waals surface area contributed by atoms with Crippen LogP contribution >= 0.6 is 0 Å². The first-order valence-electron chi connectivity index (χ1n) is 11.5. The Balaban J connectivity index is 1.36. The van der Waals surface area contributed by atoms with Crippen molar-refractivity contribution in [3.8, 4) is 5.75 Å². The highest BCUT2D eigenvalue weighted by atomic mass is 16.5. The molecule has 0 aliphatic heterocycles. The Morgan fingerprint density at radius 3 is 2.00 bits per heavy atom. The fourth-order valence-corrected chi connectivity index (χ4v) is 3.95. The third-order valence-electron chi connectivity index (χ3n) is 5.71. The van der Waals surface area contributed by atoms with Crippen LogP contribution in [0.4, 0.5) is 0 Å². The number of nitrogens with one attached hydrogen (secondary N) is 1. The van der Waals surface area contributed by atoms with Crippen molar-refractivity contribution in [1.82, 2.24) is 9.88 Å². The van der Waals surface area contributed by atoms with E-state index in [9.17, 15) is 9.59 Å². The van der Waals surface area contributed by atoms with E-state index in [1.54, 1.807) is 12.3 Å². The average molecular weight is 453 g/mol. The average Bonchev–Trinajstić information content (AvgIpc) is 2.89. The van der Waals surface area contributed by atoms with E-state index in [1.807, 2.05) is 66.7 Å². The molecule has 0 bridgehead atoms. The zero-order chi connectivity index (χ0) is 23.6. The maximum Gasteiger partial charge on any atom is 0.252 e. The second-order valence-corrected chi connectivity index (χ2v) is 8.03. The lowest BCUT2D eigenvalue weighted by Gasteiger charge is -2.18. The number of nitrogens with zero attached hydrogens (tertiary/aromatic N) is 1. The number of aromatic nitrogens is 1. The molecule has 1 amide bonds. The first-order valence-corrected chi connectivity index (χ1v) is 11.5. The maximum atomic E-state index is 12.8. The second-order valence-electron chi connectivity index (χ2n) is 8.03. The SMILES string of the molecule is O=C(NCCC(c1ccccc1)c1ccccc1)c1ccc(=O)n(CCOc2ccccc2)c1. The second kappa shape index (κ2) is 11.7. The summed E-state index contributed by atoms with van der Waals surface area (Å²) in [5.74, 6) is 0.736. The van der Waals surface area contributed by atoms with E-state index in [1.165, 1.54) is 21.8 Å². The molecule has 1 aromatic heterocycles. The molecule has 0 aliphatic rings. The standard InChI is InChI=1S/C29H28N2O3/c32-28-17-16-25(22-31(28)20-21-34-26-14-8-3-9-15-26)29(33)30-19-18-27(23-10-4-1-5-11-23)24-12-6-2-7-13-24/h1-17,22,27H,18-21H2,(H,30,33). The van der Waals surface area contributed by atoms with Crippen molar-refractivity contribution in [2.45, 2.75) is 18.9 Å². The maximum absolute atomic E-state index is 12.8. The summed E-state index contributed by atoms with van der Waals surface area (Å²) in [5.41, 5.74) is 2.72. The minimum Gasteiger partial charge on any atom is -0.492 e. The number of ether oxygens (including phenoxy) is 1. The first kappa shape index (κ1) is 23.1. The fraction of sp³-hybridized carbons (Fsp3) is 0.172. The van der Waals surface area contributed by atoms with Crippen molar-refractivity contribution >= 4 is 5.91 Å². The Bertz CT molecular complexity index is 1200. The lowest BCUT2D eigenvalue weighted by atomic mass is 9.88. The highest BCUT2D eigenvalue weighted by molar-refractivity contribution is 5.93. The molecule has 0 saturated carbocycles. The third-order valence-corrected chi connectivity index (χ3v) is 5.71. The summed E-state index contributed by atoms with van der Waals surface area (Å²) in [6.07, 6.45) is 2.36. The van der Waals surface area contributed by atoms with Gasteiger partial charge in [0.2, 0.25) is 0 Å². The number of hydrogen-bond donors (Lipinski definition) is 1. The van der Waals surface area contributed by atoms with E-state index >= 15 is 0 Å². The van der Waals surface area contributed by atoms with Crippen LogP contribution < -0.4 is 15.6 Å².